The molecule has 0 fully saturated rings. The Bertz CT molecular complexity index is 643. The van der Waals surface area contributed by atoms with Crippen molar-refractivity contribution in [3.05, 3.63) is 63.4 Å². The zero-order chi connectivity index (χ0) is 14.9. The number of nitrogens with two attached hydrogens (primary N) is 1. The number of rotatable bonds is 3. The summed E-state index contributed by atoms with van der Waals surface area (Å²) in [6.45, 7) is 3.95. The topological polar surface area (TPSA) is 35.2 Å². The highest BCUT2D eigenvalue weighted by atomic mass is 35.5. The standard InChI is InChI=1S/C16H17ClFNO/c1-9-4-6-12(16(20-3)10(9)2)15(19)13-8-11(17)5-7-14(13)18/h4-8,15H,19H2,1-3H3. The molecule has 1 atom stereocenters. The lowest BCUT2D eigenvalue weighted by atomic mass is 9.94. The fourth-order valence-electron chi connectivity index (χ4n) is 2.25. The maximum Gasteiger partial charge on any atom is 0.128 e. The highest BCUT2D eigenvalue weighted by molar-refractivity contribution is 6.30. The molecule has 2 nitrogen and oxygen atoms in total. The van der Waals surface area contributed by atoms with E-state index >= 15 is 0 Å². The van der Waals surface area contributed by atoms with E-state index in [1.54, 1.807) is 13.2 Å². The summed E-state index contributed by atoms with van der Waals surface area (Å²) in [4.78, 5) is 0. The van der Waals surface area contributed by atoms with E-state index in [1.807, 2.05) is 26.0 Å². The minimum Gasteiger partial charge on any atom is -0.496 e. The van der Waals surface area contributed by atoms with Gasteiger partial charge in [0, 0.05) is 16.1 Å². The minimum absolute atomic E-state index is 0.360. The molecule has 0 saturated heterocycles. The Morgan fingerprint density at radius 1 is 1.15 bits per heavy atom. The van der Waals surface area contributed by atoms with Crippen molar-refractivity contribution in [3.63, 3.8) is 0 Å². The number of hydrogen-bond acceptors (Lipinski definition) is 2. The third-order valence-corrected chi connectivity index (χ3v) is 3.77. The molecule has 0 heterocycles. The van der Waals surface area contributed by atoms with E-state index in [-0.39, 0.29) is 5.82 Å². The van der Waals surface area contributed by atoms with Gasteiger partial charge in [0.15, 0.2) is 0 Å². The van der Waals surface area contributed by atoms with Crippen LogP contribution in [0.4, 0.5) is 4.39 Å². The second kappa shape index (κ2) is 5.81. The van der Waals surface area contributed by atoms with Gasteiger partial charge in [-0.3, -0.25) is 0 Å². The van der Waals surface area contributed by atoms with E-state index < -0.39 is 6.04 Å². The lowest BCUT2D eigenvalue weighted by Gasteiger charge is -2.19. The number of methoxy groups -OCH3 is 1. The van der Waals surface area contributed by atoms with Crippen molar-refractivity contribution in [2.24, 2.45) is 5.73 Å². The molecule has 0 saturated carbocycles. The molecule has 20 heavy (non-hydrogen) atoms. The predicted octanol–water partition coefficient (Wildman–Crippen LogP) is 4.15. The van der Waals surface area contributed by atoms with Crippen LogP contribution in [-0.4, -0.2) is 7.11 Å². The summed E-state index contributed by atoms with van der Waals surface area (Å²) >= 11 is 5.93. The van der Waals surface area contributed by atoms with Crippen molar-refractivity contribution in [2.45, 2.75) is 19.9 Å². The average Bonchev–Trinajstić information content (AvgIpc) is 2.43. The third-order valence-electron chi connectivity index (χ3n) is 3.54. The molecule has 2 aromatic rings. The normalized spacial score (nSPS) is 12.3. The summed E-state index contributed by atoms with van der Waals surface area (Å²) in [5.74, 6) is 0.319. The molecule has 106 valence electrons. The van der Waals surface area contributed by atoms with Gasteiger partial charge in [0.2, 0.25) is 0 Å². The quantitative estimate of drug-likeness (QED) is 0.922. The minimum atomic E-state index is -0.622. The zero-order valence-corrected chi connectivity index (χ0v) is 12.5. The van der Waals surface area contributed by atoms with Crippen molar-refractivity contribution in [1.29, 1.82) is 0 Å². The van der Waals surface area contributed by atoms with Crippen LogP contribution in [0.5, 0.6) is 5.75 Å². The van der Waals surface area contributed by atoms with Crippen LogP contribution in [0.1, 0.15) is 28.3 Å². The molecule has 0 radical (unpaired) electrons. The molecule has 0 aliphatic heterocycles. The Kier molecular flexibility index (Phi) is 4.31. The molecule has 0 aliphatic rings. The van der Waals surface area contributed by atoms with Gasteiger partial charge in [-0.1, -0.05) is 23.7 Å². The van der Waals surface area contributed by atoms with Gasteiger partial charge in [-0.05, 0) is 43.2 Å². The van der Waals surface area contributed by atoms with Crippen molar-refractivity contribution in [2.75, 3.05) is 7.11 Å². The number of aryl methyl sites for hydroxylation is 1. The van der Waals surface area contributed by atoms with Crippen molar-refractivity contribution in [3.8, 4) is 5.75 Å². The van der Waals surface area contributed by atoms with E-state index in [0.29, 0.717) is 16.3 Å². The zero-order valence-electron chi connectivity index (χ0n) is 11.7. The number of ether oxygens (including phenoxy) is 1. The largest absolute Gasteiger partial charge is 0.496 e. The van der Waals surface area contributed by atoms with Crippen LogP contribution >= 0.6 is 11.6 Å². The molecule has 2 N–H and O–H groups in total. The van der Waals surface area contributed by atoms with E-state index in [9.17, 15) is 4.39 Å². The summed E-state index contributed by atoms with van der Waals surface area (Å²) < 4.78 is 19.4. The first-order valence-electron chi connectivity index (χ1n) is 6.30. The summed E-state index contributed by atoms with van der Waals surface area (Å²) in [5.41, 5.74) is 9.41. The number of hydrogen-bond donors (Lipinski definition) is 1. The lowest BCUT2D eigenvalue weighted by molar-refractivity contribution is 0.404. The van der Waals surface area contributed by atoms with Gasteiger partial charge in [-0.2, -0.15) is 0 Å². The van der Waals surface area contributed by atoms with Crippen LogP contribution in [0.3, 0.4) is 0 Å². The number of halogens is 2. The van der Waals surface area contributed by atoms with Crippen LogP contribution in [0.2, 0.25) is 5.02 Å². The first-order chi connectivity index (χ1) is 9.45. The maximum absolute atomic E-state index is 13.9. The SMILES string of the molecule is COc1c(C(N)c2cc(Cl)ccc2F)ccc(C)c1C. The summed E-state index contributed by atoms with van der Waals surface area (Å²) in [7, 11) is 1.59. The molecule has 2 rings (SSSR count). The van der Waals surface area contributed by atoms with Crippen LogP contribution in [0, 0.1) is 19.7 Å². The van der Waals surface area contributed by atoms with Gasteiger partial charge in [-0.25, -0.2) is 4.39 Å². The first kappa shape index (κ1) is 14.8. The van der Waals surface area contributed by atoms with Gasteiger partial charge in [0.05, 0.1) is 13.2 Å². The second-order valence-corrected chi connectivity index (χ2v) is 5.21. The first-order valence-corrected chi connectivity index (χ1v) is 6.68. The highest BCUT2D eigenvalue weighted by Crippen LogP contribution is 2.34. The van der Waals surface area contributed by atoms with Gasteiger partial charge >= 0.3 is 0 Å². The Morgan fingerprint density at radius 2 is 1.85 bits per heavy atom. The molecule has 0 amide bonds. The molecule has 2 aromatic carbocycles. The molecule has 0 aromatic heterocycles. The molecular formula is C16H17ClFNO. The van der Waals surface area contributed by atoms with Gasteiger partial charge < -0.3 is 10.5 Å². The van der Waals surface area contributed by atoms with E-state index in [4.69, 9.17) is 22.1 Å². The van der Waals surface area contributed by atoms with Crippen molar-refractivity contribution in [1.82, 2.24) is 0 Å². The Hall–Kier alpha value is -1.58. The Balaban J connectivity index is 2.56. The van der Waals surface area contributed by atoms with E-state index in [0.717, 1.165) is 16.7 Å². The average molecular weight is 294 g/mol. The summed E-state index contributed by atoms with van der Waals surface area (Å²) in [6, 6.07) is 7.58. The second-order valence-electron chi connectivity index (χ2n) is 4.77. The fourth-order valence-corrected chi connectivity index (χ4v) is 2.43. The smallest absolute Gasteiger partial charge is 0.128 e. The fraction of sp³-hybridized carbons (Fsp3) is 0.250. The Labute approximate surface area is 123 Å². The molecule has 1 unspecified atom stereocenters. The third kappa shape index (κ3) is 2.65. The predicted molar refractivity (Wildman–Crippen MR) is 79.9 cm³/mol. The van der Waals surface area contributed by atoms with Gasteiger partial charge in [0.25, 0.3) is 0 Å². The molecular weight excluding hydrogens is 277 g/mol. The maximum atomic E-state index is 13.9. The van der Waals surface area contributed by atoms with Crippen LogP contribution in [0.25, 0.3) is 0 Å². The summed E-state index contributed by atoms with van der Waals surface area (Å²) in [6.07, 6.45) is 0. The van der Waals surface area contributed by atoms with Gasteiger partial charge in [-0.15, -0.1) is 0 Å². The Morgan fingerprint density at radius 3 is 2.50 bits per heavy atom. The van der Waals surface area contributed by atoms with E-state index in [1.165, 1.54) is 12.1 Å². The van der Waals surface area contributed by atoms with Crippen molar-refractivity contribution < 1.29 is 9.13 Å². The number of benzene rings is 2. The highest BCUT2D eigenvalue weighted by Gasteiger charge is 2.19. The van der Waals surface area contributed by atoms with E-state index in [2.05, 4.69) is 0 Å². The van der Waals surface area contributed by atoms with Crippen LogP contribution in [-0.2, 0) is 0 Å². The molecule has 0 bridgehead atoms. The van der Waals surface area contributed by atoms with Crippen LogP contribution in [0.15, 0.2) is 30.3 Å². The summed E-state index contributed by atoms with van der Waals surface area (Å²) in [5, 5.41) is 0.458. The monoisotopic (exact) mass is 293 g/mol. The van der Waals surface area contributed by atoms with Crippen molar-refractivity contribution >= 4 is 11.6 Å². The van der Waals surface area contributed by atoms with Crippen LogP contribution < -0.4 is 10.5 Å². The molecule has 0 spiro atoms. The lowest BCUT2D eigenvalue weighted by Crippen LogP contribution is -2.15. The molecule has 0 aliphatic carbocycles. The van der Waals surface area contributed by atoms with Gasteiger partial charge in [0.1, 0.15) is 11.6 Å². The molecule has 4 heteroatoms.